The van der Waals surface area contributed by atoms with Crippen molar-refractivity contribution in [2.75, 3.05) is 20.1 Å². The van der Waals surface area contributed by atoms with Crippen LogP contribution < -0.4 is 0 Å². The molecule has 0 atom stereocenters. The summed E-state index contributed by atoms with van der Waals surface area (Å²) >= 11 is 0. The second kappa shape index (κ2) is 4.23. The molecule has 1 aliphatic heterocycles. The largest absolute Gasteiger partial charge is 0.326 e. The van der Waals surface area contributed by atoms with E-state index in [-0.39, 0.29) is 6.03 Å². The number of nitriles is 1. The molecule has 2 amide bonds. The van der Waals surface area contributed by atoms with Crippen molar-refractivity contribution in [1.82, 2.24) is 9.80 Å². The summed E-state index contributed by atoms with van der Waals surface area (Å²) in [4.78, 5) is 15.1. The molecule has 0 bridgehead atoms. The second-order valence-corrected chi connectivity index (χ2v) is 3.89. The zero-order chi connectivity index (χ0) is 11.5. The molecule has 1 aromatic carbocycles. The minimum atomic E-state index is 0.0349. The molecule has 1 aromatic rings. The van der Waals surface area contributed by atoms with Crippen LogP contribution in [0.25, 0.3) is 0 Å². The molecule has 2 rings (SSSR count). The van der Waals surface area contributed by atoms with Gasteiger partial charge in [-0.3, -0.25) is 0 Å². The number of likely N-dealkylation sites (N-methyl/N-ethyl adjacent to an activating group) is 1. The number of carbonyl (C=O) groups is 1. The van der Waals surface area contributed by atoms with Crippen LogP contribution in [0, 0.1) is 11.3 Å². The predicted octanol–water partition coefficient (Wildman–Crippen LogP) is 1.43. The molecule has 4 heteroatoms. The molecule has 0 N–H and O–H groups in total. The van der Waals surface area contributed by atoms with Crippen molar-refractivity contribution in [3.05, 3.63) is 35.4 Å². The normalized spacial score (nSPS) is 15.4. The Kier molecular flexibility index (Phi) is 2.78. The molecule has 16 heavy (non-hydrogen) atoms. The summed E-state index contributed by atoms with van der Waals surface area (Å²) < 4.78 is 0. The molecular formula is C12H13N3O. The quantitative estimate of drug-likeness (QED) is 0.749. The third-order valence-electron chi connectivity index (χ3n) is 2.80. The standard InChI is InChI=1S/C12H13N3O/c1-14-6-7-15(12(14)16)9-11-5-3-2-4-10(11)8-13/h2-5H,6-7,9H2,1H3. The van der Waals surface area contributed by atoms with E-state index in [1.165, 1.54) is 0 Å². The van der Waals surface area contributed by atoms with Crippen molar-refractivity contribution in [3.8, 4) is 6.07 Å². The number of amides is 2. The molecule has 0 aromatic heterocycles. The zero-order valence-corrected chi connectivity index (χ0v) is 9.18. The van der Waals surface area contributed by atoms with Gasteiger partial charge in [0.1, 0.15) is 0 Å². The van der Waals surface area contributed by atoms with Crippen LogP contribution in [0.1, 0.15) is 11.1 Å². The number of rotatable bonds is 2. The van der Waals surface area contributed by atoms with Gasteiger partial charge in [0.05, 0.1) is 11.6 Å². The third-order valence-corrected chi connectivity index (χ3v) is 2.80. The summed E-state index contributed by atoms with van der Waals surface area (Å²) in [5.41, 5.74) is 1.55. The van der Waals surface area contributed by atoms with E-state index in [2.05, 4.69) is 6.07 Å². The first-order valence-electron chi connectivity index (χ1n) is 5.20. The lowest BCUT2D eigenvalue weighted by Crippen LogP contribution is -2.29. The van der Waals surface area contributed by atoms with Gasteiger partial charge in [-0.05, 0) is 11.6 Å². The average Bonchev–Trinajstić information content (AvgIpc) is 2.62. The van der Waals surface area contributed by atoms with Gasteiger partial charge >= 0.3 is 6.03 Å². The first-order chi connectivity index (χ1) is 7.72. The van der Waals surface area contributed by atoms with Crippen LogP contribution in [-0.4, -0.2) is 36.0 Å². The van der Waals surface area contributed by atoms with E-state index >= 15 is 0 Å². The number of carbonyl (C=O) groups excluding carboxylic acids is 1. The summed E-state index contributed by atoms with van der Waals surface area (Å²) in [6, 6.07) is 9.57. The Labute approximate surface area is 94.7 Å². The highest BCUT2D eigenvalue weighted by molar-refractivity contribution is 5.76. The Morgan fingerprint density at radius 1 is 1.38 bits per heavy atom. The molecule has 1 saturated heterocycles. The van der Waals surface area contributed by atoms with Gasteiger partial charge in [0.2, 0.25) is 0 Å². The van der Waals surface area contributed by atoms with Gasteiger partial charge in [-0.15, -0.1) is 0 Å². The lowest BCUT2D eigenvalue weighted by atomic mass is 10.1. The van der Waals surface area contributed by atoms with Crippen molar-refractivity contribution >= 4 is 6.03 Å². The maximum absolute atomic E-state index is 11.7. The van der Waals surface area contributed by atoms with Crippen molar-refractivity contribution in [3.63, 3.8) is 0 Å². The van der Waals surface area contributed by atoms with E-state index in [0.29, 0.717) is 12.1 Å². The number of benzene rings is 1. The Bertz CT molecular complexity index is 450. The molecule has 1 aliphatic rings. The SMILES string of the molecule is CN1CCN(Cc2ccccc2C#N)C1=O. The van der Waals surface area contributed by atoms with Gasteiger partial charge in [-0.1, -0.05) is 18.2 Å². The maximum Gasteiger partial charge on any atom is 0.320 e. The molecule has 0 spiro atoms. The van der Waals surface area contributed by atoms with E-state index in [9.17, 15) is 4.79 Å². The fraction of sp³-hybridized carbons (Fsp3) is 0.333. The molecule has 1 fully saturated rings. The number of nitrogens with zero attached hydrogens (tertiary/aromatic N) is 3. The molecule has 1 heterocycles. The van der Waals surface area contributed by atoms with E-state index in [1.54, 1.807) is 22.9 Å². The van der Waals surface area contributed by atoms with Crippen LogP contribution in [0.5, 0.6) is 0 Å². The van der Waals surface area contributed by atoms with Gasteiger partial charge in [0, 0.05) is 26.7 Å². The van der Waals surface area contributed by atoms with Crippen LogP contribution in [0.2, 0.25) is 0 Å². The molecule has 0 saturated carbocycles. The van der Waals surface area contributed by atoms with E-state index < -0.39 is 0 Å². The van der Waals surface area contributed by atoms with Crippen LogP contribution in [0.3, 0.4) is 0 Å². The van der Waals surface area contributed by atoms with Gasteiger partial charge in [0.15, 0.2) is 0 Å². The summed E-state index contributed by atoms with van der Waals surface area (Å²) in [5.74, 6) is 0. The number of hydrogen-bond donors (Lipinski definition) is 0. The molecule has 82 valence electrons. The predicted molar refractivity (Wildman–Crippen MR) is 59.6 cm³/mol. The fourth-order valence-electron chi connectivity index (χ4n) is 1.82. The first kappa shape index (κ1) is 10.5. The van der Waals surface area contributed by atoms with Crippen LogP contribution >= 0.6 is 0 Å². The zero-order valence-electron chi connectivity index (χ0n) is 9.18. The topological polar surface area (TPSA) is 47.3 Å². The number of urea groups is 1. The summed E-state index contributed by atoms with van der Waals surface area (Å²) in [7, 11) is 1.79. The molecule has 0 aliphatic carbocycles. The smallest absolute Gasteiger partial charge is 0.320 e. The molecule has 0 unspecified atom stereocenters. The van der Waals surface area contributed by atoms with Crippen LogP contribution in [-0.2, 0) is 6.54 Å². The monoisotopic (exact) mass is 215 g/mol. The van der Waals surface area contributed by atoms with Gasteiger partial charge in [-0.25, -0.2) is 4.79 Å². The van der Waals surface area contributed by atoms with Gasteiger partial charge in [0.25, 0.3) is 0 Å². The first-order valence-corrected chi connectivity index (χ1v) is 5.20. The average molecular weight is 215 g/mol. The highest BCUT2D eigenvalue weighted by atomic mass is 16.2. The van der Waals surface area contributed by atoms with Crippen molar-refractivity contribution in [2.24, 2.45) is 0 Å². The minimum absolute atomic E-state index is 0.0349. The minimum Gasteiger partial charge on any atom is -0.326 e. The highest BCUT2D eigenvalue weighted by Crippen LogP contribution is 2.14. The Balaban J connectivity index is 2.16. The van der Waals surface area contributed by atoms with Gasteiger partial charge in [-0.2, -0.15) is 5.26 Å². The molecule has 0 radical (unpaired) electrons. The van der Waals surface area contributed by atoms with Crippen LogP contribution in [0.4, 0.5) is 4.79 Å². The lowest BCUT2D eigenvalue weighted by molar-refractivity contribution is 0.197. The summed E-state index contributed by atoms with van der Waals surface area (Å²) in [5, 5.41) is 8.95. The number of hydrogen-bond acceptors (Lipinski definition) is 2. The van der Waals surface area contributed by atoms with Crippen molar-refractivity contribution in [2.45, 2.75) is 6.54 Å². The van der Waals surface area contributed by atoms with E-state index in [4.69, 9.17) is 5.26 Å². The van der Waals surface area contributed by atoms with Crippen LogP contribution in [0.15, 0.2) is 24.3 Å². The Morgan fingerprint density at radius 2 is 2.12 bits per heavy atom. The Morgan fingerprint density at radius 3 is 2.75 bits per heavy atom. The highest BCUT2D eigenvalue weighted by Gasteiger charge is 2.25. The van der Waals surface area contributed by atoms with E-state index in [1.807, 2.05) is 18.2 Å². The summed E-state index contributed by atoms with van der Waals surface area (Å²) in [6.07, 6.45) is 0. The third kappa shape index (κ3) is 1.84. The maximum atomic E-state index is 11.7. The molecular weight excluding hydrogens is 202 g/mol. The lowest BCUT2D eigenvalue weighted by Gasteiger charge is -2.16. The van der Waals surface area contributed by atoms with Crippen molar-refractivity contribution < 1.29 is 4.79 Å². The second-order valence-electron chi connectivity index (χ2n) is 3.89. The van der Waals surface area contributed by atoms with E-state index in [0.717, 1.165) is 18.7 Å². The van der Waals surface area contributed by atoms with Gasteiger partial charge < -0.3 is 9.80 Å². The molecule has 4 nitrogen and oxygen atoms in total. The fourth-order valence-corrected chi connectivity index (χ4v) is 1.82. The summed E-state index contributed by atoms with van der Waals surface area (Å²) in [6.45, 7) is 2.01. The van der Waals surface area contributed by atoms with Crippen molar-refractivity contribution in [1.29, 1.82) is 5.26 Å². The Hall–Kier alpha value is -2.02.